The molecule has 0 bridgehead atoms. The molecule has 8 N–H and O–H groups in total. The molecule has 9 rings (SSSR count). The molecule has 0 aromatic heterocycles. The molecule has 0 aromatic rings. The van der Waals surface area contributed by atoms with Gasteiger partial charge in [-0.25, -0.2) is 0 Å². The first-order chi connectivity index (χ1) is 36.6. The van der Waals surface area contributed by atoms with Gasteiger partial charge in [0.15, 0.2) is 0 Å². The van der Waals surface area contributed by atoms with E-state index in [-0.39, 0.29) is 99.0 Å². The number of carbonyl (C=O) groups is 3. The topological polar surface area (TPSA) is 191 Å². The molecule has 9 aliphatic rings. The first kappa shape index (κ1) is 70.9. The van der Waals surface area contributed by atoms with Crippen molar-refractivity contribution in [1.29, 1.82) is 0 Å². The number of rotatable bonds is 12. The van der Waals surface area contributed by atoms with Gasteiger partial charge in [0.25, 0.3) is 0 Å². The third-order valence-electron chi connectivity index (χ3n) is 24.3. The molecular formula is C70H125N3O8. The van der Waals surface area contributed by atoms with E-state index in [1.54, 1.807) is 47.3 Å². The molecule has 81 heavy (non-hydrogen) atoms. The molecule has 11 heteroatoms. The molecular weight excluding hydrogens is 1010 g/mol. The van der Waals surface area contributed by atoms with Gasteiger partial charge in [0.2, 0.25) is 11.8 Å². The Morgan fingerprint density at radius 1 is 0.506 bits per heavy atom. The van der Waals surface area contributed by atoms with E-state index < -0.39 is 0 Å². The molecule has 0 unspecified atom stereocenters. The van der Waals surface area contributed by atoms with E-state index in [0.717, 1.165) is 70.9 Å². The van der Waals surface area contributed by atoms with Gasteiger partial charge in [0.05, 0.1) is 18.8 Å². The molecule has 11 nitrogen and oxygen atoms in total. The summed E-state index contributed by atoms with van der Waals surface area (Å²) in [5.74, 6) is 4.20. The van der Waals surface area contributed by atoms with Crippen molar-refractivity contribution >= 4 is 17.8 Å². The summed E-state index contributed by atoms with van der Waals surface area (Å²) in [6.45, 7) is 31.6. The normalized spacial score (nSPS) is 38.1. The van der Waals surface area contributed by atoms with Crippen LogP contribution >= 0.6 is 0 Å². The molecule has 3 fully saturated rings. The van der Waals surface area contributed by atoms with Gasteiger partial charge in [-0.2, -0.15) is 0 Å². The van der Waals surface area contributed by atoms with Gasteiger partial charge >= 0.3 is 5.97 Å². The van der Waals surface area contributed by atoms with Crippen LogP contribution in [0.3, 0.4) is 0 Å². The van der Waals surface area contributed by atoms with Gasteiger partial charge in [-0.15, -0.1) is 0 Å². The smallest absolute Gasteiger partial charge is 0.302 e. The molecule has 468 valence electrons. The number of amides is 2. The third kappa shape index (κ3) is 15.0. The van der Waals surface area contributed by atoms with E-state index in [4.69, 9.17) is 10.5 Å². The van der Waals surface area contributed by atoms with Crippen molar-refractivity contribution in [3.63, 3.8) is 0 Å². The molecule has 15 atom stereocenters. The Balaban J connectivity index is 0.000000258. The molecule has 0 saturated heterocycles. The SMILES string of the molecule is C.C.C.CC(=O)NC[C@H]1C2=C(CC[C@@H]1[C@@]1(C)CC[C@H](C)C[C@@H]1COC(C)=O)C(C)(C)CC2.CC(=O)NC[C@H]1C2=C(CC[C@@H]1[C@@]1(C)CC[C@H](O)C[C@@H]1CO)C(C)(C)CC2.CC1(C)CCC2=C1CC[C@H]([C@@]1(C)CC[C@H](O)C[C@@H]1CO)[C@H]2CN. The summed E-state index contributed by atoms with van der Waals surface area (Å²) < 4.78 is 5.55. The number of esters is 1. The van der Waals surface area contributed by atoms with Crippen LogP contribution in [0.5, 0.6) is 0 Å². The second-order valence-corrected chi connectivity index (χ2v) is 30.0. The van der Waals surface area contributed by atoms with Crippen molar-refractivity contribution < 1.29 is 39.5 Å². The van der Waals surface area contributed by atoms with Crippen molar-refractivity contribution in [3.05, 3.63) is 33.4 Å². The number of ether oxygens (including phenoxy) is 1. The maximum atomic E-state index is 11.8. The lowest BCUT2D eigenvalue weighted by Gasteiger charge is -2.53. The minimum atomic E-state index is -0.280. The van der Waals surface area contributed by atoms with Gasteiger partial charge in [0, 0.05) is 58.9 Å². The number of aliphatic hydroxyl groups is 4. The predicted octanol–water partition coefficient (Wildman–Crippen LogP) is 13.9. The lowest BCUT2D eigenvalue weighted by atomic mass is 9.53. The number of nitrogens with one attached hydrogen (secondary N) is 2. The highest BCUT2D eigenvalue weighted by Crippen LogP contribution is 2.63. The van der Waals surface area contributed by atoms with Crippen molar-refractivity contribution in [2.24, 2.45) is 97.4 Å². The van der Waals surface area contributed by atoms with E-state index >= 15 is 0 Å². The number of hydrogen-bond donors (Lipinski definition) is 7. The van der Waals surface area contributed by atoms with Gasteiger partial charge in [-0.05, 0) is 215 Å². The van der Waals surface area contributed by atoms with Crippen molar-refractivity contribution in [3.8, 4) is 0 Å². The molecule has 3 saturated carbocycles. The van der Waals surface area contributed by atoms with Gasteiger partial charge in [-0.3, -0.25) is 14.4 Å². The zero-order chi connectivity index (χ0) is 57.3. The van der Waals surface area contributed by atoms with Gasteiger partial charge in [-0.1, -0.05) is 131 Å². The molecule has 0 heterocycles. The summed E-state index contributed by atoms with van der Waals surface area (Å²) in [5, 5.41) is 46.4. The Labute approximate surface area is 495 Å². The van der Waals surface area contributed by atoms with Crippen molar-refractivity contribution in [2.45, 2.75) is 259 Å². The fourth-order valence-corrected chi connectivity index (χ4v) is 19.2. The van der Waals surface area contributed by atoms with Crippen LogP contribution in [0, 0.1) is 91.7 Å². The Morgan fingerprint density at radius 3 is 1.20 bits per heavy atom. The highest BCUT2D eigenvalue weighted by molar-refractivity contribution is 5.73. The average Bonchev–Trinajstić information content (AvgIpc) is 4.18. The Morgan fingerprint density at radius 2 is 0.852 bits per heavy atom. The second-order valence-electron chi connectivity index (χ2n) is 30.0. The Kier molecular flexibility index (Phi) is 24.8. The molecule has 0 radical (unpaired) electrons. The van der Waals surface area contributed by atoms with Crippen LogP contribution in [0.1, 0.15) is 247 Å². The number of nitrogens with two attached hydrogens (primary N) is 1. The molecule has 9 aliphatic carbocycles. The fraction of sp³-hybridized carbons (Fsp3) is 0.871. The molecule has 0 aliphatic heterocycles. The van der Waals surface area contributed by atoms with E-state index in [9.17, 15) is 34.8 Å². The third-order valence-corrected chi connectivity index (χ3v) is 24.3. The zero-order valence-corrected chi connectivity index (χ0v) is 51.5. The highest BCUT2D eigenvalue weighted by Gasteiger charge is 2.55. The van der Waals surface area contributed by atoms with E-state index in [1.807, 2.05) is 0 Å². The average molecular weight is 1140 g/mol. The van der Waals surface area contributed by atoms with E-state index in [2.05, 4.69) is 79.9 Å². The number of carbonyl (C=O) groups excluding carboxylic acids is 3. The summed E-state index contributed by atoms with van der Waals surface area (Å²) in [5.41, 5.74) is 17.3. The van der Waals surface area contributed by atoms with Crippen molar-refractivity contribution in [2.75, 3.05) is 39.5 Å². The summed E-state index contributed by atoms with van der Waals surface area (Å²) in [7, 11) is 0. The Bertz CT molecular complexity index is 2230. The summed E-state index contributed by atoms with van der Waals surface area (Å²) in [6.07, 6.45) is 22.5. The minimum absolute atomic E-state index is 0. The molecule has 0 aromatic carbocycles. The summed E-state index contributed by atoms with van der Waals surface area (Å²) in [4.78, 5) is 34.9. The van der Waals surface area contributed by atoms with Crippen LogP contribution in [-0.2, 0) is 19.1 Å². The largest absolute Gasteiger partial charge is 0.466 e. The van der Waals surface area contributed by atoms with E-state index in [0.29, 0.717) is 77.7 Å². The lowest BCUT2D eigenvalue weighted by Crippen LogP contribution is -2.49. The minimum Gasteiger partial charge on any atom is -0.466 e. The van der Waals surface area contributed by atoms with Crippen LogP contribution in [0.15, 0.2) is 33.4 Å². The molecule has 0 spiro atoms. The lowest BCUT2D eigenvalue weighted by molar-refractivity contribution is -0.146. The van der Waals surface area contributed by atoms with Crippen LogP contribution in [-0.4, -0.2) is 89.9 Å². The monoisotopic (exact) mass is 1140 g/mol. The zero-order valence-electron chi connectivity index (χ0n) is 51.5. The number of allylic oxidation sites excluding steroid dienone is 3. The second kappa shape index (κ2) is 28.3. The van der Waals surface area contributed by atoms with Crippen LogP contribution in [0.4, 0.5) is 0 Å². The van der Waals surface area contributed by atoms with Gasteiger partial charge < -0.3 is 41.5 Å². The van der Waals surface area contributed by atoms with Crippen molar-refractivity contribution in [1.82, 2.24) is 10.6 Å². The first-order valence-corrected chi connectivity index (χ1v) is 31.6. The van der Waals surface area contributed by atoms with Crippen LogP contribution in [0.25, 0.3) is 0 Å². The predicted molar refractivity (Wildman–Crippen MR) is 334 cm³/mol. The Hall–Kier alpha value is -2.57. The van der Waals surface area contributed by atoms with Crippen LogP contribution < -0.4 is 16.4 Å². The summed E-state index contributed by atoms with van der Waals surface area (Å²) >= 11 is 0. The first-order valence-electron chi connectivity index (χ1n) is 31.6. The highest BCUT2D eigenvalue weighted by atomic mass is 16.5. The van der Waals surface area contributed by atoms with E-state index in [1.165, 1.54) is 77.6 Å². The standard InChI is InChI=1S/C25H41NO3.C22H37NO3.C20H35NO2.3CH4/c1-16-9-12-25(6,19(13-16)15-29-18(3)28)23-8-7-22-20(10-11-24(22,4)5)21(23)14-26-17(2)27;1-14(25)23-12-18-17-8-9-21(2,3)19(17)5-6-20(18)22(4)10-7-16(26)11-15(22)13-24;1-19(2)8-7-15-16(11-21)18(5-4-17(15)19)20(3)9-6-14(23)10-13(20)12-22;;;/h16,19,21,23H,7-15H2,1-6H3,(H,26,27);15-16,18,20,24,26H,5-13H2,1-4H3,(H,23,25);13-14,16,18,22-23H,4-12,21H2,1-3H3;3*1H4/t16-,19+,21-,23-,25-;15-,16+,18+,20+,22+;13-,14+,16+,18+,20+;;;/m011.../s1. The quantitative estimate of drug-likeness (QED) is 0.0736. The maximum Gasteiger partial charge on any atom is 0.302 e. The fourth-order valence-electron chi connectivity index (χ4n) is 19.2. The number of hydrogen-bond acceptors (Lipinski definition) is 9. The number of aliphatic hydroxyl groups excluding tert-OH is 4. The van der Waals surface area contributed by atoms with Gasteiger partial charge in [0.1, 0.15) is 0 Å². The molecule has 2 amide bonds. The maximum absolute atomic E-state index is 11.8. The van der Waals surface area contributed by atoms with Crippen LogP contribution in [0.2, 0.25) is 0 Å². The summed E-state index contributed by atoms with van der Waals surface area (Å²) in [6, 6.07) is 0.